The predicted molar refractivity (Wildman–Crippen MR) is 85.8 cm³/mol. The van der Waals surface area contributed by atoms with Gasteiger partial charge in [-0.2, -0.15) is 0 Å². The van der Waals surface area contributed by atoms with Crippen LogP contribution in [0.1, 0.15) is 44.9 Å². The Morgan fingerprint density at radius 3 is 2.95 bits per heavy atom. The number of nitrogens with one attached hydrogen (secondary N) is 1. The number of benzene rings is 1. The highest BCUT2D eigenvalue weighted by atomic mass is 35.5. The van der Waals surface area contributed by atoms with Crippen LogP contribution in [0.3, 0.4) is 0 Å². The van der Waals surface area contributed by atoms with Crippen LogP contribution in [0.15, 0.2) is 28.7 Å². The molecule has 0 amide bonds. The summed E-state index contributed by atoms with van der Waals surface area (Å²) in [7, 11) is 0. The van der Waals surface area contributed by atoms with Gasteiger partial charge >= 0.3 is 0 Å². The molecule has 0 saturated carbocycles. The van der Waals surface area contributed by atoms with Crippen LogP contribution in [0.4, 0.5) is 0 Å². The van der Waals surface area contributed by atoms with Crippen molar-refractivity contribution in [3.05, 3.63) is 35.0 Å². The predicted octanol–water partition coefficient (Wildman–Crippen LogP) is 4.70. The Balaban J connectivity index is 1.99. The summed E-state index contributed by atoms with van der Waals surface area (Å²) >= 11 is 6.23. The topological polar surface area (TPSA) is 34.4 Å². The largest absolute Gasteiger partial charge is 0.458 e. The zero-order valence-electron chi connectivity index (χ0n) is 12.6. The van der Waals surface area contributed by atoms with Crippen molar-refractivity contribution in [1.82, 2.24) is 5.32 Å². The van der Waals surface area contributed by atoms with E-state index in [-0.39, 0.29) is 11.6 Å². The highest BCUT2D eigenvalue weighted by molar-refractivity contribution is 6.34. The molecule has 1 aromatic carbocycles. The van der Waals surface area contributed by atoms with E-state index in [2.05, 4.69) is 25.2 Å². The second-order valence-electron chi connectivity index (χ2n) is 5.96. The van der Waals surface area contributed by atoms with Crippen LogP contribution in [-0.2, 0) is 4.74 Å². The number of ether oxygens (including phenoxy) is 1. The first-order valence-electron chi connectivity index (χ1n) is 7.69. The van der Waals surface area contributed by atoms with Crippen molar-refractivity contribution in [1.29, 1.82) is 0 Å². The van der Waals surface area contributed by atoms with Gasteiger partial charge in [0.25, 0.3) is 0 Å². The maximum absolute atomic E-state index is 6.23. The van der Waals surface area contributed by atoms with Crippen molar-refractivity contribution in [3.8, 4) is 0 Å². The molecule has 3 rings (SSSR count). The Kier molecular flexibility index (Phi) is 4.25. The zero-order valence-corrected chi connectivity index (χ0v) is 13.4. The number of halogens is 1. The van der Waals surface area contributed by atoms with Crippen molar-refractivity contribution in [3.63, 3.8) is 0 Å². The fraction of sp³-hybridized carbons (Fsp3) is 0.529. The third-order valence-corrected chi connectivity index (χ3v) is 4.56. The van der Waals surface area contributed by atoms with Gasteiger partial charge in [-0.25, -0.2) is 0 Å². The minimum Gasteiger partial charge on any atom is -0.458 e. The van der Waals surface area contributed by atoms with Crippen LogP contribution in [-0.4, -0.2) is 18.8 Å². The quantitative estimate of drug-likeness (QED) is 0.869. The first kappa shape index (κ1) is 14.9. The van der Waals surface area contributed by atoms with Crippen molar-refractivity contribution in [2.45, 2.75) is 44.8 Å². The average molecular weight is 308 g/mol. The summed E-state index contributed by atoms with van der Waals surface area (Å²) in [4.78, 5) is 0. The molecular weight excluding hydrogens is 286 g/mol. The average Bonchev–Trinajstić information content (AvgIpc) is 3.07. The number of hydrogen-bond acceptors (Lipinski definition) is 3. The molecule has 4 heteroatoms. The lowest BCUT2D eigenvalue weighted by Gasteiger charge is -2.32. The van der Waals surface area contributed by atoms with Gasteiger partial charge < -0.3 is 14.5 Å². The van der Waals surface area contributed by atoms with Crippen LogP contribution in [0.5, 0.6) is 0 Å². The Hall–Kier alpha value is -1.03. The fourth-order valence-corrected chi connectivity index (χ4v) is 3.34. The lowest BCUT2D eigenvalue weighted by molar-refractivity contribution is -0.0176. The minimum absolute atomic E-state index is 0.0587. The van der Waals surface area contributed by atoms with E-state index in [9.17, 15) is 0 Å². The van der Waals surface area contributed by atoms with Gasteiger partial charge in [-0.3, -0.25) is 0 Å². The molecule has 3 nitrogen and oxygen atoms in total. The van der Waals surface area contributed by atoms with Crippen LogP contribution >= 0.6 is 11.6 Å². The van der Waals surface area contributed by atoms with E-state index in [0.717, 1.165) is 49.1 Å². The molecule has 114 valence electrons. The Morgan fingerprint density at radius 2 is 2.29 bits per heavy atom. The van der Waals surface area contributed by atoms with E-state index in [0.29, 0.717) is 5.02 Å². The van der Waals surface area contributed by atoms with Gasteiger partial charge in [0.2, 0.25) is 0 Å². The van der Waals surface area contributed by atoms with Gasteiger partial charge in [-0.15, -0.1) is 0 Å². The Morgan fingerprint density at radius 1 is 1.43 bits per heavy atom. The van der Waals surface area contributed by atoms with Crippen molar-refractivity contribution < 1.29 is 9.15 Å². The molecule has 2 unspecified atom stereocenters. The molecule has 2 aromatic rings. The smallest absolute Gasteiger partial charge is 0.152 e. The van der Waals surface area contributed by atoms with Crippen LogP contribution in [0.2, 0.25) is 5.02 Å². The van der Waals surface area contributed by atoms with Crippen molar-refractivity contribution in [2.24, 2.45) is 0 Å². The second-order valence-corrected chi connectivity index (χ2v) is 6.37. The summed E-state index contributed by atoms with van der Waals surface area (Å²) in [5, 5.41) is 5.29. The summed E-state index contributed by atoms with van der Waals surface area (Å²) in [6.07, 6.45) is 3.22. The van der Waals surface area contributed by atoms with Gasteiger partial charge in [0, 0.05) is 12.0 Å². The molecule has 2 atom stereocenters. The summed E-state index contributed by atoms with van der Waals surface area (Å²) in [6.45, 7) is 6.09. The van der Waals surface area contributed by atoms with Crippen molar-refractivity contribution in [2.75, 3.05) is 13.2 Å². The molecule has 1 aromatic heterocycles. The molecule has 0 bridgehead atoms. The van der Waals surface area contributed by atoms with E-state index in [1.807, 2.05) is 18.2 Å². The standard InChI is InChI=1S/C17H22ClNO2/c1-3-9-19-16(17(2)8-5-10-20-17)14-11-12-6-4-7-13(18)15(12)21-14/h4,6-7,11,16,19H,3,5,8-10H2,1-2H3. The molecule has 0 radical (unpaired) electrons. The van der Waals surface area contributed by atoms with Gasteiger partial charge in [0.15, 0.2) is 5.58 Å². The third kappa shape index (κ3) is 2.83. The fourth-order valence-electron chi connectivity index (χ4n) is 3.12. The van der Waals surface area contributed by atoms with E-state index in [1.54, 1.807) is 0 Å². The number of hydrogen-bond donors (Lipinski definition) is 1. The molecule has 1 aliphatic heterocycles. The normalized spacial score (nSPS) is 23.8. The molecule has 1 fully saturated rings. The van der Waals surface area contributed by atoms with Crippen LogP contribution in [0, 0.1) is 0 Å². The molecule has 21 heavy (non-hydrogen) atoms. The highest BCUT2D eigenvalue weighted by Gasteiger charge is 2.40. The lowest BCUT2D eigenvalue weighted by Crippen LogP contribution is -2.41. The first-order chi connectivity index (χ1) is 10.1. The lowest BCUT2D eigenvalue weighted by atomic mass is 9.91. The molecule has 1 aliphatic rings. The maximum Gasteiger partial charge on any atom is 0.152 e. The molecular formula is C17H22ClNO2. The van der Waals surface area contributed by atoms with E-state index < -0.39 is 0 Å². The molecule has 0 aliphatic carbocycles. The first-order valence-corrected chi connectivity index (χ1v) is 8.07. The number of rotatable bonds is 5. The van der Waals surface area contributed by atoms with Gasteiger partial charge in [0.05, 0.1) is 16.7 Å². The number of fused-ring (bicyclic) bond motifs is 1. The van der Waals surface area contributed by atoms with Gasteiger partial charge in [0.1, 0.15) is 5.76 Å². The van der Waals surface area contributed by atoms with Gasteiger partial charge in [-0.05, 0) is 44.9 Å². The maximum atomic E-state index is 6.23. The SMILES string of the molecule is CCCNC(c1cc2cccc(Cl)c2o1)C1(C)CCCO1. The number of para-hydroxylation sites is 1. The minimum atomic E-state index is -0.213. The summed E-state index contributed by atoms with van der Waals surface area (Å²) in [5.74, 6) is 0.913. The van der Waals surface area contributed by atoms with Crippen molar-refractivity contribution >= 4 is 22.6 Å². The van der Waals surface area contributed by atoms with E-state index >= 15 is 0 Å². The molecule has 0 spiro atoms. The van der Waals surface area contributed by atoms with Crippen LogP contribution in [0.25, 0.3) is 11.0 Å². The highest BCUT2D eigenvalue weighted by Crippen LogP contribution is 2.40. The Labute approximate surface area is 130 Å². The number of furan rings is 1. The second kappa shape index (κ2) is 5.99. The zero-order chi connectivity index (χ0) is 14.9. The molecule has 2 heterocycles. The summed E-state index contributed by atoms with van der Waals surface area (Å²) in [6, 6.07) is 7.99. The van der Waals surface area contributed by atoms with Gasteiger partial charge in [-0.1, -0.05) is 30.7 Å². The van der Waals surface area contributed by atoms with E-state index in [1.165, 1.54) is 0 Å². The van der Waals surface area contributed by atoms with Crippen LogP contribution < -0.4 is 5.32 Å². The summed E-state index contributed by atoms with van der Waals surface area (Å²) < 4.78 is 12.1. The Bertz CT molecular complexity index is 616. The molecule has 1 saturated heterocycles. The molecule has 1 N–H and O–H groups in total. The third-order valence-electron chi connectivity index (χ3n) is 4.26. The summed E-state index contributed by atoms with van der Waals surface area (Å²) in [5.41, 5.74) is 0.550. The monoisotopic (exact) mass is 307 g/mol. The van der Waals surface area contributed by atoms with E-state index in [4.69, 9.17) is 20.8 Å².